The summed E-state index contributed by atoms with van der Waals surface area (Å²) in [6, 6.07) is 0. The monoisotopic (exact) mass is 318 g/mol. The van der Waals surface area contributed by atoms with E-state index in [0.29, 0.717) is 0 Å². The lowest BCUT2D eigenvalue weighted by Crippen LogP contribution is -2.38. The van der Waals surface area contributed by atoms with Crippen LogP contribution in [0, 0.1) is 0 Å². The first-order valence-electron chi connectivity index (χ1n) is 3.40. The molecule has 0 rings (SSSR count). The van der Waals surface area contributed by atoms with Crippen molar-refractivity contribution in [2.45, 2.75) is 28.9 Å². The molecule has 1 N–H and O–H groups in total. The van der Waals surface area contributed by atoms with E-state index in [4.69, 9.17) is 5.11 Å². The van der Waals surface area contributed by atoms with Gasteiger partial charge in [0.2, 0.25) is 0 Å². The summed E-state index contributed by atoms with van der Waals surface area (Å²) in [5.41, 5.74) is 0. The maximum Gasteiger partial charge on any atom is 0.453 e. The van der Waals surface area contributed by atoms with E-state index in [1.807, 2.05) is 0 Å². The number of alkyl halides is 6. The number of aliphatic hydroxyl groups is 1. The van der Waals surface area contributed by atoms with Crippen LogP contribution in [0.5, 0.6) is 0 Å². The SMILES string of the molecule is OCC[C@H](I)CC(F)(F)C(F)(F)F. The normalized spacial score (nSPS) is 15.9. The molecule has 0 radical (unpaired) electrons. The highest BCUT2D eigenvalue weighted by Gasteiger charge is 2.57. The molecule has 0 aromatic carbocycles. The molecule has 0 spiro atoms. The van der Waals surface area contributed by atoms with Gasteiger partial charge in [0.15, 0.2) is 0 Å². The average Bonchev–Trinajstić information content (AvgIpc) is 1.83. The Balaban J connectivity index is 4.17. The number of aliphatic hydroxyl groups excluding tert-OH is 1. The third-order valence-electron chi connectivity index (χ3n) is 1.33. The molecule has 0 saturated carbocycles. The number of rotatable bonds is 4. The number of hydrogen-bond acceptors (Lipinski definition) is 1. The highest BCUT2D eigenvalue weighted by Crippen LogP contribution is 2.40. The first-order chi connectivity index (χ1) is 5.70. The summed E-state index contributed by atoms with van der Waals surface area (Å²) < 4.78 is 58.6. The lowest BCUT2D eigenvalue weighted by atomic mass is 10.1. The quantitative estimate of drug-likeness (QED) is 0.480. The Morgan fingerprint density at radius 2 is 1.62 bits per heavy atom. The van der Waals surface area contributed by atoms with Crippen LogP contribution in [0.1, 0.15) is 12.8 Å². The van der Waals surface area contributed by atoms with Crippen LogP contribution in [-0.4, -0.2) is 27.7 Å². The molecule has 0 unspecified atom stereocenters. The van der Waals surface area contributed by atoms with E-state index in [2.05, 4.69) is 0 Å². The van der Waals surface area contributed by atoms with Gasteiger partial charge < -0.3 is 5.11 Å². The van der Waals surface area contributed by atoms with Crippen molar-refractivity contribution in [2.75, 3.05) is 6.61 Å². The molecule has 0 bridgehead atoms. The first kappa shape index (κ1) is 13.3. The fourth-order valence-corrected chi connectivity index (χ4v) is 1.47. The van der Waals surface area contributed by atoms with Crippen molar-refractivity contribution in [2.24, 2.45) is 0 Å². The van der Waals surface area contributed by atoms with Gasteiger partial charge in [-0.15, -0.1) is 0 Å². The van der Waals surface area contributed by atoms with Gasteiger partial charge in [-0.2, -0.15) is 22.0 Å². The van der Waals surface area contributed by atoms with Gasteiger partial charge in [-0.3, -0.25) is 0 Å². The van der Waals surface area contributed by atoms with Gasteiger partial charge in [-0.25, -0.2) is 0 Å². The van der Waals surface area contributed by atoms with Crippen molar-refractivity contribution < 1.29 is 27.1 Å². The summed E-state index contributed by atoms with van der Waals surface area (Å²) in [6.07, 6.45) is -6.84. The Labute approximate surface area is 85.4 Å². The Morgan fingerprint density at radius 1 is 1.15 bits per heavy atom. The van der Waals surface area contributed by atoms with Crippen molar-refractivity contribution in [3.8, 4) is 0 Å². The largest absolute Gasteiger partial charge is 0.453 e. The Hall–Kier alpha value is 0.340. The van der Waals surface area contributed by atoms with Crippen LogP contribution in [0.4, 0.5) is 22.0 Å². The Bertz CT molecular complexity index is 158. The molecule has 13 heavy (non-hydrogen) atoms. The van der Waals surface area contributed by atoms with E-state index in [9.17, 15) is 22.0 Å². The molecule has 0 saturated heterocycles. The maximum atomic E-state index is 12.3. The molecule has 80 valence electrons. The Morgan fingerprint density at radius 3 is 1.92 bits per heavy atom. The highest BCUT2D eigenvalue weighted by molar-refractivity contribution is 14.1. The molecule has 0 fully saturated rings. The minimum atomic E-state index is -5.49. The smallest absolute Gasteiger partial charge is 0.396 e. The second-order valence-corrected chi connectivity index (χ2v) is 4.28. The fraction of sp³-hybridized carbons (Fsp3) is 1.00. The summed E-state index contributed by atoms with van der Waals surface area (Å²) in [5, 5.41) is 8.31. The lowest BCUT2D eigenvalue weighted by molar-refractivity contribution is -0.283. The van der Waals surface area contributed by atoms with Crippen molar-refractivity contribution >= 4 is 22.6 Å². The van der Waals surface area contributed by atoms with Crippen LogP contribution in [0.3, 0.4) is 0 Å². The van der Waals surface area contributed by atoms with Crippen LogP contribution < -0.4 is 0 Å². The predicted molar refractivity (Wildman–Crippen MR) is 45.1 cm³/mol. The van der Waals surface area contributed by atoms with Gasteiger partial charge >= 0.3 is 12.1 Å². The molecule has 0 amide bonds. The van der Waals surface area contributed by atoms with E-state index >= 15 is 0 Å². The molecular formula is C6H8F5IO. The lowest BCUT2D eigenvalue weighted by Gasteiger charge is -2.21. The van der Waals surface area contributed by atoms with Gasteiger partial charge in [0.25, 0.3) is 0 Å². The third-order valence-corrected chi connectivity index (χ3v) is 2.40. The maximum absolute atomic E-state index is 12.3. The van der Waals surface area contributed by atoms with Crippen LogP contribution in [0.2, 0.25) is 0 Å². The second-order valence-electron chi connectivity index (χ2n) is 2.52. The van der Waals surface area contributed by atoms with Crippen LogP contribution in [-0.2, 0) is 0 Å². The molecule has 0 aliphatic carbocycles. The zero-order chi connectivity index (χ0) is 10.7. The highest BCUT2D eigenvalue weighted by atomic mass is 127. The van der Waals surface area contributed by atoms with Crippen molar-refractivity contribution in [1.29, 1.82) is 0 Å². The molecular weight excluding hydrogens is 310 g/mol. The molecule has 0 aromatic rings. The summed E-state index contributed by atoms with van der Waals surface area (Å²) in [4.78, 5) is 0. The molecule has 1 nitrogen and oxygen atoms in total. The summed E-state index contributed by atoms with van der Waals surface area (Å²) in [7, 11) is 0. The van der Waals surface area contributed by atoms with E-state index in [1.165, 1.54) is 22.6 Å². The van der Waals surface area contributed by atoms with Crippen molar-refractivity contribution in [3.05, 3.63) is 0 Å². The van der Waals surface area contributed by atoms with E-state index in [1.54, 1.807) is 0 Å². The van der Waals surface area contributed by atoms with Gasteiger partial charge in [0, 0.05) is 17.0 Å². The minimum Gasteiger partial charge on any atom is -0.396 e. The Kier molecular flexibility index (Phi) is 4.84. The molecule has 0 aliphatic rings. The average molecular weight is 318 g/mol. The molecule has 0 aromatic heterocycles. The van der Waals surface area contributed by atoms with Gasteiger partial charge in [-0.1, -0.05) is 22.6 Å². The van der Waals surface area contributed by atoms with Crippen molar-refractivity contribution in [3.63, 3.8) is 0 Å². The van der Waals surface area contributed by atoms with Crippen LogP contribution in [0.25, 0.3) is 0 Å². The molecule has 7 heteroatoms. The molecule has 0 heterocycles. The van der Waals surface area contributed by atoms with Crippen LogP contribution >= 0.6 is 22.6 Å². The zero-order valence-corrected chi connectivity index (χ0v) is 8.57. The zero-order valence-electron chi connectivity index (χ0n) is 6.41. The molecule has 0 aliphatic heterocycles. The van der Waals surface area contributed by atoms with E-state index in [0.717, 1.165) is 0 Å². The number of hydrogen-bond donors (Lipinski definition) is 1. The summed E-state index contributed by atoms with van der Waals surface area (Å²) in [6.45, 7) is -0.387. The van der Waals surface area contributed by atoms with Crippen molar-refractivity contribution in [1.82, 2.24) is 0 Å². The van der Waals surface area contributed by atoms with E-state index in [-0.39, 0.29) is 13.0 Å². The first-order valence-corrected chi connectivity index (χ1v) is 4.65. The predicted octanol–water partition coefficient (Wildman–Crippen LogP) is 2.76. The minimum absolute atomic E-state index is 0.0633. The topological polar surface area (TPSA) is 20.2 Å². The fourth-order valence-electron chi connectivity index (χ4n) is 0.636. The third kappa shape index (κ3) is 4.39. The molecule has 1 atom stereocenters. The van der Waals surface area contributed by atoms with Crippen LogP contribution in [0.15, 0.2) is 0 Å². The summed E-state index contributed by atoms with van der Waals surface area (Å²) >= 11 is 1.47. The standard InChI is InChI=1S/C6H8F5IO/c7-5(8,6(9,10)11)3-4(12)1-2-13/h4,13H,1-3H2/t4-/m0/s1. The number of halogens is 6. The second kappa shape index (κ2) is 4.72. The van der Waals surface area contributed by atoms with Gasteiger partial charge in [-0.05, 0) is 6.42 Å². The summed E-state index contributed by atoms with van der Waals surface area (Å²) in [5.74, 6) is -4.66. The van der Waals surface area contributed by atoms with E-state index < -0.39 is 22.4 Å². The van der Waals surface area contributed by atoms with Gasteiger partial charge in [0.1, 0.15) is 0 Å². The van der Waals surface area contributed by atoms with Gasteiger partial charge in [0.05, 0.1) is 0 Å².